The minimum Gasteiger partial charge on any atom is -0.478 e. The second kappa shape index (κ2) is 6.40. The second-order valence-electron chi connectivity index (χ2n) is 5.46. The molecule has 1 rings (SSSR count). The van der Waals surface area contributed by atoms with Gasteiger partial charge in [0.2, 0.25) is 5.91 Å². The predicted molar refractivity (Wildman–Crippen MR) is 71.2 cm³/mol. The lowest BCUT2D eigenvalue weighted by Gasteiger charge is -2.35. The second-order valence-corrected chi connectivity index (χ2v) is 5.46. The zero-order valence-electron chi connectivity index (χ0n) is 12.0. The third kappa shape index (κ3) is 5.29. The number of rotatable bonds is 2. The monoisotopic (exact) mass is 284 g/mol. The highest BCUT2D eigenvalue weighted by atomic mass is 16.6. The molecule has 20 heavy (non-hydrogen) atoms. The molecule has 7 nitrogen and oxygen atoms in total. The van der Waals surface area contributed by atoms with E-state index in [1.54, 1.807) is 20.8 Å². The average molecular weight is 284 g/mol. The maximum atomic E-state index is 11.8. The quantitative estimate of drug-likeness (QED) is 0.754. The van der Waals surface area contributed by atoms with Gasteiger partial charge in [0.05, 0.1) is 0 Å². The average Bonchev–Trinajstić information content (AvgIpc) is 2.34. The highest BCUT2D eigenvalue weighted by Gasteiger charge is 2.26. The van der Waals surface area contributed by atoms with Crippen LogP contribution in [0.15, 0.2) is 12.2 Å². The first kappa shape index (κ1) is 16.0. The summed E-state index contributed by atoms with van der Waals surface area (Å²) in [5.41, 5.74) is -0.547. The van der Waals surface area contributed by atoms with Gasteiger partial charge in [0.1, 0.15) is 5.60 Å². The Bertz CT molecular complexity index is 417. The molecular weight excluding hydrogens is 264 g/mol. The van der Waals surface area contributed by atoms with E-state index in [-0.39, 0.29) is 5.91 Å². The number of carboxylic acids is 1. The molecule has 0 aliphatic carbocycles. The Morgan fingerprint density at radius 1 is 1.00 bits per heavy atom. The lowest BCUT2D eigenvalue weighted by Crippen LogP contribution is -2.51. The fourth-order valence-corrected chi connectivity index (χ4v) is 1.68. The number of ether oxygens (including phenoxy) is 1. The Balaban J connectivity index is 2.46. The highest BCUT2D eigenvalue weighted by molar-refractivity contribution is 5.94. The Morgan fingerprint density at radius 3 is 1.95 bits per heavy atom. The number of hydrogen-bond donors (Lipinski definition) is 1. The van der Waals surface area contributed by atoms with E-state index in [0.717, 1.165) is 12.2 Å². The SMILES string of the molecule is CC(C)(C)OC(=O)N1CCN(C(=O)/C=C/C(=O)O)CC1. The van der Waals surface area contributed by atoms with Gasteiger partial charge in [-0.1, -0.05) is 0 Å². The van der Waals surface area contributed by atoms with E-state index in [2.05, 4.69) is 0 Å². The van der Waals surface area contributed by atoms with E-state index >= 15 is 0 Å². The molecule has 0 radical (unpaired) electrons. The van der Waals surface area contributed by atoms with Crippen LogP contribution in [0, 0.1) is 0 Å². The van der Waals surface area contributed by atoms with Crippen LogP contribution in [-0.4, -0.2) is 64.7 Å². The molecule has 1 fully saturated rings. The minimum absolute atomic E-state index is 0.363. The van der Waals surface area contributed by atoms with Crippen molar-refractivity contribution in [1.29, 1.82) is 0 Å². The molecule has 0 saturated carbocycles. The smallest absolute Gasteiger partial charge is 0.410 e. The van der Waals surface area contributed by atoms with Gasteiger partial charge < -0.3 is 19.6 Å². The molecule has 7 heteroatoms. The van der Waals surface area contributed by atoms with Gasteiger partial charge in [-0.15, -0.1) is 0 Å². The normalized spacial score (nSPS) is 16.4. The third-order valence-corrected chi connectivity index (χ3v) is 2.61. The van der Waals surface area contributed by atoms with Gasteiger partial charge in [0, 0.05) is 38.3 Å². The zero-order chi connectivity index (χ0) is 15.3. The lowest BCUT2D eigenvalue weighted by molar-refractivity contribution is -0.132. The van der Waals surface area contributed by atoms with Crippen LogP contribution in [0.4, 0.5) is 4.79 Å². The number of aliphatic carboxylic acids is 1. The van der Waals surface area contributed by atoms with E-state index < -0.39 is 17.7 Å². The van der Waals surface area contributed by atoms with Gasteiger partial charge in [-0.05, 0) is 20.8 Å². The Labute approximate surface area is 117 Å². The Morgan fingerprint density at radius 2 is 1.50 bits per heavy atom. The summed E-state index contributed by atoms with van der Waals surface area (Å²) in [6, 6.07) is 0. The van der Waals surface area contributed by atoms with Gasteiger partial charge >= 0.3 is 12.1 Å². The van der Waals surface area contributed by atoms with Crippen molar-refractivity contribution >= 4 is 18.0 Å². The largest absolute Gasteiger partial charge is 0.478 e. The van der Waals surface area contributed by atoms with Crippen LogP contribution in [0.2, 0.25) is 0 Å². The lowest BCUT2D eigenvalue weighted by atomic mass is 10.2. The summed E-state index contributed by atoms with van der Waals surface area (Å²) in [6.07, 6.45) is 1.43. The number of amides is 2. The molecule has 1 N–H and O–H groups in total. The summed E-state index contributed by atoms with van der Waals surface area (Å²) >= 11 is 0. The van der Waals surface area contributed by atoms with E-state index in [1.807, 2.05) is 0 Å². The molecule has 0 aromatic heterocycles. The van der Waals surface area contributed by atoms with Gasteiger partial charge in [0.15, 0.2) is 0 Å². The molecular formula is C13H20N2O5. The summed E-state index contributed by atoms with van der Waals surface area (Å²) in [6.45, 7) is 6.86. The fourth-order valence-electron chi connectivity index (χ4n) is 1.68. The van der Waals surface area contributed by atoms with E-state index in [0.29, 0.717) is 26.2 Å². The molecule has 0 bridgehead atoms. The maximum absolute atomic E-state index is 11.8. The number of carboxylic acid groups (broad SMARTS) is 1. The standard InChI is InChI=1S/C13H20N2O5/c1-13(2,3)20-12(19)15-8-6-14(7-9-15)10(16)4-5-11(17)18/h4-5H,6-9H2,1-3H3,(H,17,18)/b5-4+. The third-order valence-electron chi connectivity index (χ3n) is 2.61. The first-order valence-corrected chi connectivity index (χ1v) is 6.37. The topological polar surface area (TPSA) is 87.2 Å². The minimum atomic E-state index is -1.16. The van der Waals surface area contributed by atoms with Crippen molar-refractivity contribution < 1.29 is 24.2 Å². The molecule has 0 unspecified atom stereocenters. The highest BCUT2D eigenvalue weighted by Crippen LogP contribution is 2.12. The molecule has 1 aliphatic heterocycles. The summed E-state index contributed by atoms with van der Waals surface area (Å²) in [4.78, 5) is 36.8. The molecule has 112 valence electrons. The Hall–Kier alpha value is -2.05. The number of nitrogens with zero attached hydrogens (tertiary/aromatic N) is 2. The Kier molecular flexibility index (Phi) is 5.12. The molecule has 1 saturated heterocycles. The first-order chi connectivity index (χ1) is 9.19. The fraction of sp³-hybridized carbons (Fsp3) is 0.615. The van der Waals surface area contributed by atoms with Crippen molar-refractivity contribution in [1.82, 2.24) is 9.80 Å². The van der Waals surface area contributed by atoms with Crippen LogP contribution < -0.4 is 0 Å². The molecule has 0 aromatic rings. The van der Waals surface area contributed by atoms with Crippen LogP contribution in [0.5, 0.6) is 0 Å². The van der Waals surface area contributed by atoms with E-state index in [4.69, 9.17) is 9.84 Å². The van der Waals surface area contributed by atoms with Gasteiger partial charge in [-0.2, -0.15) is 0 Å². The maximum Gasteiger partial charge on any atom is 0.410 e. The number of piperazine rings is 1. The summed E-state index contributed by atoms with van der Waals surface area (Å²) in [5.74, 6) is -1.53. The van der Waals surface area contributed by atoms with Crippen molar-refractivity contribution in [3.05, 3.63) is 12.2 Å². The molecule has 2 amide bonds. The number of carbonyl (C=O) groups excluding carboxylic acids is 2. The van der Waals surface area contributed by atoms with E-state index in [9.17, 15) is 14.4 Å². The van der Waals surface area contributed by atoms with Crippen molar-refractivity contribution in [2.75, 3.05) is 26.2 Å². The van der Waals surface area contributed by atoms with Gasteiger partial charge in [0.25, 0.3) is 0 Å². The predicted octanol–water partition coefficient (Wildman–Crippen LogP) is 0.706. The van der Waals surface area contributed by atoms with Crippen LogP contribution in [0.3, 0.4) is 0 Å². The number of hydrogen-bond acceptors (Lipinski definition) is 4. The summed E-state index contributed by atoms with van der Waals surface area (Å²) in [5, 5.41) is 8.46. The molecule has 0 aromatic carbocycles. The van der Waals surface area contributed by atoms with Gasteiger partial charge in [-0.25, -0.2) is 9.59 Å². The van der Waals surface area contributed by atoms with Gasteiger partial charge in [-0.3, -0.25) is 4.79 Å². The van der Waals surface area contributed by atoms with Crippen LogP contribution >= 0.6 is 0 Å². The summed E-state index contributed by atoms with van der Waals surface area (Å²) < 4.78 is 5.24. The van der Waals surface area contributed by atoms with Crippen molar-refractivity contribution in [3.63, 3.8) is 0 Å². The van der Waals surface area contributed by atoms with Crippen molar-refractivity contribution in [2.24, 2.45) is 0 Å². The van der Waals surface area contributed by atoms with Crippen LogP contribution in [0.1, 0.15) is 20.8 Å². The summed E-state index contributed by atoms with van der Waals surface area (Å²) in [7, 11) is 0. The number of carbonyl (C=O) groups is 3. The van der Waals surface area contributed by atoms with E-state index in [1.165, 1.54) is 9.80 Å². The molecule has 0 atom stereocenters. The van der Waals surface area contributed by atoms with Crippen molar-refractivity contribution in [2.45, 2.75) is 26.4 Å². The van der Waals surface area contributed by atoms with Crippen molar-refractivity contribution in [3.8, 4) is 0 Å². The van der Waals surface area contributed by atoms with Crippen LogP contribution in [-0.2, 0) is 14.3 Å². The molecule has 1 heterocycles. The first-order valence-electron chi connectivity index (χ1n) is 6.37. The zero-order valence-corrected chi connectivity index (χ0v) is 12.0. The molecule has 1 aliphatic rings. The van der Waals surface area contributed by atoms with Crippen LogP contribution in [0.25, 0.3) is 0 Å². The molecule has 0 spiro atoms.